The summed E-state index contributed by atoms with van der Waals surface area (Å²) in [7, 11) is 4.81. The Morgan fingerprint density at radius 1 is 1.00 bits per heavy atom. The fraction of sp³-hybridized carbons (Fsp3) is 0.438. The van der Waals surface area contributed by atoms with Gasteiger partial charge in [0, 0.05) is 25.9 Å². The summed E-state index contributed by atoms with van der Waals surface area (Å²) in [6.07, 6.45) is 4.73. The summed E-state index contributed by atoms with van der Waals surface area (Å²) < 4.78 is 20.3. The molecule has 0 aliphatic heterocycles. The van der Waals surface area contributed by atoms with E-state index in [9.17, 15) is 4.79 Å². The van der Waals surface area contributed by atoms with Crippen LogP contribution in [0.1, 0.15) is 18.4 Å². The molecule has 0 fully saturated rings. The number of benzene rings is 1. The molecule has 1 aromatic rings. The van der Waals surface area contributed by atoms with Gasteiger partial charge in [-0.2, -0.15) is 0 Å². The Kier molecular flexibility index (Phi) is 7.97. The summed E-state index contributed by atoms with van der Waals surface area (Å²) in [4.78, 5) is 11.6. The summed E-state index contributed by atoms with van der Waals surface area (Å²) >= 11 is 0. The molecule has 0 heterocycles. The van der Waals surface area contributed by atoms with E-state index < -0.39 is 0 Å². The number of esters is 1. The lowest BCUT2D eigenvalue weighted by Crippen LogP contribution is -2.03. The van der Waals surface area contributed by atoms with Crippen molar-refractivity contribution < 1.29 is 23.7 Å². The van der Waals surface area contributed by atoms with Crippen LogP contribution >= 0.6 is 0 Å². The molecule has 0 aliphatic carbocycles. The van der Waals surface area contributed by atoms with Gasteiger partial charge in [-0.3, -0.25) is 0 Å². The molecule has 0 aliphatic rings. The van der Waals surface area contributed by atoms with Crippen molar-refractivity contribution in [3.8, 4) is 11.5 Å². The molecule has 116 valence electrons. The molecule has 0 amide bonds. The van der Waals surface area contributed by atoms with Gasteiger partial charge >= 0.3 is 5.97 Å². The van der Waals surface area contributed by atoms with E-state index in [1.807, 2.05) is 12.1 Å². The molecule has 1 rings (SSSR count). The van der Waals surface area contributed by atoms with Gasteiger partial charge in [-0.15, -0.1) is 0 Å². The maximum Gasteiger partial charge on any atom is 0.330 e. The minimum atomic E-state index is -0.366. The van der Waals surface area contributed by atoms with Crippen LogP contribution in [0.3, 0.4) is 0 Å². The summed E-state index contributed by atoms with van der Waals surface area (Å²) in [5.74, 6) is 0.970. The van der Waals surface area contributed by atoms with Crippen LogP contribution in [-0.2, 0) is 14.3 Å². The smallest absolute Gasteiger partial charge is 0.330 e. The van der Waals surface area contributed by atoms with Gasteiger partial charge in [0.25, 0.3) is 0 Å². The average Bonchev–Trinajstić information content (AvgIpc) is 2.52. The molecule has 0 saturated carbocycles. The third-order valence-corrected chi connectivity index (χ3v) is 2.77. The summed E-state index contributed by atoms with van der Waals surface area (Å²) in [5, 5.41) is 0. The summed E-state index contributed by atoms with van der Waals surface area (Å²) in [6, 6.07) is 5.39. The Bertz CT molecular complexity index is 445. The van der Waals surface area contributed by atoms with Crippen LogP contribution in [0.5, 0.6) is 11.5 Å². The molecule has 5 nitrogen and oxygen atoms in total. The zero-order chi connectivity index (χ0) is 15.5. The first kappa shape index (κ1) is 17.0. The molecule has 0 aromatic heterocycles. The van der Waals surface area contributed by atoms with Gasteiger partial charge in [0.05, 0.1) is 20.8 Å². The van der Waals surface area contributed by atoms with E-state index in [0.717, 1.165) is 18.4 Å². The fourth-order valence-corrected chi connectivity index (χ4v) is 1.66. The van der Waals surface area contributed by atoms with Crippen molar-refractivity contribution in [1.29, 1.82) is 0 Å². The predicted octanol–water partition coefficient (Wildman–Crippen LogP) is 2.69. The van der Waals surface area contributed by atoms with Gasteiger partial charge in [0.15, 0.2) is 0 Å². The number of rotatable bonds is 9. The molecule has 5 heteroatoms. The minimum Gasteiger partial charge on any atom is -0.497 e. The second-order valence-corrected chi connectivity index (χ2v) is 4.35. The van der Waals surface area contributed by atoms with Crippen LogP contribution in [0, 0.1) is 0 Å². The maximum absolute atomic E-state index is 11.6. The summed E-state index contributed by atoms with van der Waals surface area (Å²) in [6.45, 7) is 1.07. The van der Waals surface area contributed by atoms with Gasteiger partial charge < -0.3 is 18.9 Å². The fourth-order valence-electron chi connectivity index (χ4n) is 1.66. The van der Waals surface area contributed by atoms with Crippen molar-refractivity contribution in [1.82, 2.24) is 0 Å². The third kappa shape index (κ3) is 6.81. The van der Waals surface area contributed by atoms with Crippen LogP contribution in [0.25, 0.3) is 6.08 Å². The highest BCUT2D eigenvalue weighted by molar-refractivity contribution is 5.87. The molecule has 0 atom stereocenters. The number of hydrogen-bond donors (Lipinski definition) is 0. The lowest BCUT2D eigenvalue weighted by Gasteiger charge is -2.05. The standard InChI is InChI=1S/C16H22O5/c1-18-8-4-5-9-21-16(17)7-6-13-10-14(19-2)12-15(11-13)20-3/h6-7,10-12H,4-5,8-9H2,1-3H3. The highest BCUT2D eigenvalue weighted by atomic mass is 16.5. The maximum atomic E-state index is 11.6. The molecular formula is C16H22O5. The molecule has 21 heavy (non-hydrogen) atoms. The Labute approximate surface area is 125 Å². The quantitative estimate of drug-likeness (QED) is 0.398. The first-order chi connectivity index (χ1) is 10.2. The number of hydrogen-bond acceptors (Lipinski definition) is 5. The van der Waals surface area contributed by atoms with E-state index in [1.54, 1.807) is 33.5 Å². The van der Waals surface area contributed by atoms with Crippen molar-refractivity contribution in [3.63, 3.8) is 0 Å². The zero-order valence-corrected chi connectivity index (χ0v) is 12.8. The van der Waals surface area contributed by atoms with Crippen molar-refractivity contribution in [2.45, 2.75) is 12.8 Å². The lowest BCUT2D eigenvalue weighted by molar-refractivity contribution is -0.137. The van der Waals surface area contributed by atoms with Gasteiger partial charge in [-0.05, 0) is 36.6 Å². The molecule has 0 radical (unpaired) electrons. The van der Waals surface area contributed by atoms with E-state index in [-0.39, 0.29) is 5.97 Å². The topological polar surface area (TPSA) is 54.0 Å². The Morgan fingerprint density at radius 3 is 2.19 bits per heavy atom. The predicted molar refractivity (Wildman–Crippen MR) is 80.6 cm³/mol. The summed E-state index contributed by atoms with van der Waals surface area (Å²) in [5.41, 5.74) is 0.808. The molecular weight excluding hydrogens is 272 g/mol. The number of carbonyl (C=O) groups excluding carboxylic acids is 1. The van der Waals surface area contributed by atoms with E-state index in [1.165, 1.54) is 6.08 Å². The zero-order valence-electron chi connectivity index (χ0n) is 12.8. The largest absolute Gasteiger partial charge is 0.497 e. The molecule has 0 N–H and O–H groups in total. The second kappa shape index (κ2) is 9.83. The second-order valence-electron chi connectivity index (χ2n) is 4.35. The number of unbranched alkanes of at least 4 members (excludes halogenated alkanes) is 1. The van der Waals surface area contributed by atoms with E-state index in [4.69, 9.17) is 18.9 Å². The average molecular weight is 294 g/mol. The normalized spacial score (nSPS) is 10.6. The molecule has 0 bridgehead atoms. The number of ether oxygens (including phenoxy) is 4. The monoisotopic (exact) mass is 294 g/mol. The van der Waals surface area contributed by atoms with Crippen LogP contribution in [0.2, 0.25) is 0 Å². The van der Waals surface area contributed by atoms with E-state index in [2.05, 4.69) is 0 Å². The van der Waals surface area contributed by atoms with Crippen molar-refractivity contribution in [2.24, 2.45) is 0 Å². The Balaban J connectivity index is 2.49. The van der Waals surface area contributed by atoms with E-state index >= 15 is 0 Å². The third-order valence-electron chi connectivity index (χ3n) is 2.77. The van der Waals surface area contributed by atoms with Gasteiger partial charge in [0.2, 0.25) is 0 Å². The van der Waals surface area contributed by atoms with Gasteiger partial charge in [-0.25, -0.2) is 4.79 Å². The number of carbonyl (C=O) groups is 1. The van der Waals surface area contributed by atoms with Crippen LogP contribution < -0.4 is 9.47 Å². The first-order valence-electron chi connectivity index (χ1n) is 6.76. The lowest BCUT2D eigenvalue weighted by atomic mass is 10.2. The molecule has 0 spiro atoms. The highest BCUT2D eigenvalue weighted by Crippen LogP contribution is 2.23. The van der Waals surface area contributed by atoms with Crippen molar-refractivity contribution >= 4 is 12.0 Å². The highest BCUT2D eigenvalue weighted by Gasteiger charge is 2.01. The molecule has 0 unspecified atom stereocenters. The SMILES string of the molecule is COCCCCOC(=O)C=Cc1cc(OC)cc(OC)c1. The van der Waals surface area contributed by atoms with Crippen molar-refractivity contribution in [3.05, 3.63) is 29.8 Å². The van der Waals surface area contributed by atoms with Gasteiger partial charge in [0.1, 0.15) is 11.5 Å². The van der Waals surface area contributed by atoms with E-state index in [0.29, 0.717) is 24.7 Å². The van der Waals surface area contributed by atoms with Gasteiger partial charge in [-0.1, -0.05) is 0 Å². The molecule has 1 aromatic carbocycles. The van der Waals surface area contributed by atoms with Crippen LogP contribution in [0.15, 0.2) is 24.3 Å². The van der Waals surface area contributed by atoms with Crippen LogP contribution in [0.4, 0.5) is 0 Å². The molecule has 0 saturated heterocycles. The van der Waals surface area contributed by atoms with Crippen LogP contribution in [-0.4, -0.2) is 40.5 Å². The van der Waals surface area contributed by atoms with Crippen molar-refractivity contribution in [2.75, 3.05) is 34.5 Å². The Hall–Kier alpha value is -2.01. The Morgan fingerprint density at radius 2 is 1.62 bits per heavy atom. The first-order valence-corrected chi connectivity index (χ1v) is 6.76. The minimum absolute atomic E-state index is 0.366. The number of methoxy groups -OCH3 is 3.